The molecule has 0 heterocycles. The zero-order valence-electron chi connectivity index (χ0n) is 8.89. The molecule has 0 unspecified atom stereocenters. The summed E-state index contributed by atoms with van der Waals surface area (Å²) in [5.74, 6) is 0.524. The van der Waals surface area contributed by atoms with Crippen LogP contribution in [-0.4, -0.2) is 6.09 Å². The number of rotatable bonds is 2. The zero-order valence-corrected chi connectivity index (χ0v) is 11.0. The molecule has 0 fully saturated rings. The third-order valence-electron chi connectivity index (χ3n) is 2.04. The number of benzene rings is 2. The van der Waals surface area contributed by atoms with Crippen LogP contribution in [-0.2, 0) is 0 Å². The Kier molecular flexibility index (Phi) is 3.98. The highest BCUT2D eigenvalue weighted by molar-refractivity contribution is 14.1. The van der Waals surface area contributed by atoms with E-state index in [1.807, 2.05) is 42.5 Å². The van der Waals surface area contributed by atoms with Gasteiger partial charge in [0.15, 0.2) is 0 Å². The molecule has 2 rings (SSSR count). The number of carbonyl (C=O) groups is 1. The molecule has 0 bridgehead atoms. The van der Waals surface area contributed by atoms with Crippen molar-refractivity contribution in [3.05, 3.63) is 58.2 Å². The molecule has 86 valence electrons. The minimum Gasteiger partial charge on any atom is -0.410 e. The largest absolute Gasteiger partial charge is 0.417 e. The number of ether oxygens (including phenoxy) is 1. The number of hydrogen-bond acceptors (Lipinski definition) is 2. The van der Waals surface area contributed by atoms with Crippen molar-refractivity contribution in [2.45, 2.75) is 0 Å². The summed E-state index contributed by atoms with van der Waals surface area (Å²) in [6.07, 6.45) is -0.489. The van der Waals surface area contributed by atoms with Crippen molar-refractivity contribution in [2.75, 3.05) is 5.32 Å². The second-order valence-electron chi connectivity index (χ2n) is 3.33. The van der Waals surface area contributed by atoms with Crippen LogP contribution in [0.5, 0.6) is 5.75 Å². The predicted octanol–water partition coefficient (Wildman–Crippen LogP) is 3.90. The molecular weight excluding hydrogens is 325 g/mol. The normalized spacial score (nSPS) is 9.71. The van der Waals surface area contributed by atoms with Gasteiger partial charge in [-0.05, 0) is 59.0 Å². The fraction of sp³-hybridized carbons (Fsp3) is 0. The van der Waals surface area contributed by atoms with E-state index in [4.69, 9.17) is 4.74 Å². The Morgan fingerprint density at radius 1 is 1.00 bits per heavy atom. The van der Waals surface area contributed by atoms with Crippen LogP contribution in [0.25, 0.3) is 0 Å². The third-order valence-corrected chi connectivity index (χ3v) is 2.76. The molecule has 2 aromatic rings. The van der Waals surface area contributed by atoms with Crippen molar-refractivity contribution < 1.29 is 9.53 Å². The van der Waals surface area contributed by atoms with Crippen LogP contribution < -0.4 is 10.1 Å². The maximum absolute atomic E-state index is 11.5. The molecule has 0 saturated heterocycles. The summed E-state index contributed by atoms with van der Waals surface area (Å²) in [5.41, 5.74) is 0.714. The first-order chi connectivity index (χ1) is 8.24. The van der Waals surface area contributed by atoms with E-state index in [2.05, 4.69) is 27.9 Å². The summed E-state index contributed by atoms with van der Waals surface area (Å²) < 4.78 is 6.21. The van der Waals surface area contributed by atoms with Gasteiger partial charge < -0.3 is 4.74 Å². The highest BCUT2D eigenvalue weighted by Gasteiger charge is 2.03. The molecule has 3 nitrogen and oxygen atoms in total. The topological polar surface area (TPSA) is 38.3 Å². The summed E-state index contributed by atoms with van der Waals surface area (Å²) in [4.78, 5) is 11.5. The molecule has 0 aliphatic heterocycles. The van der Waals surface area contributed by atoms with E-state index in [1.165, 1.54) is 0 Å². The summed E-state index contributed by atoms with van der Waals surface area (Å²) in [5, 5.41) is 2.65. The first kappa shape index (κ1) is 11.9. The van der Waals surface area contributed by atoms with Gasteiger partial charge in [-0.1, -0.05) is 18.2 Å². The van der Waals surface area contributed by atoms with Crippen molar-refractivity contribution in [2.24, 2.45) is 0 Å². The van der Waals surface area contributed by atoms with Crippen LogP contribution in [0.4, 0.5) is 10.5 Å². The lowest BCUT2D eigenvalue weighted by Gasteiger charge is -2.06. The van der Waals surface area contributed by atoms with Gasteiger partial charge in [0.25, 0.3) is 0 Å². The van der Waals surface area contributed by atoms with Gasteiger partial charge in [0.1, 0.15) is 5.75 Å². The van der Waals surface area contributed by atoms with Gasteiger partial charge in [0.05, 0.1) is 0 Å². The van der Waals surface area contributed by atoms with E-state index in [0.29, 0.717) is 11.4 Å². The standard InChI is InChI=1S/C13H10INO2/c14-10-6-8-11(9-7-10)15-13(16)17-12-4-2-1-3-5-12/h1-9H,(H,15,16)/i14-4. The van der Waals surface area contributed by atoms with Gasteiger partial charge in [-0.25, -0.2) is 4.79 Å². The maximum Gasteiger partial charge on any atom is 0.417 e. The van der Waals surface area contributed by atoms with E-state index in [0.717, 1.165) is 3.57 Å². The molecule has 0 aliphatic rings. The Balaban J connectivity index is 1.96. The Morgan fingerprint density at radius 2 is 1.65 bits per heavy atom. The van der Waals surface area contributed by atoms with Gasteiger partial charge in [0, 0.05) is 9.26 Å². The van der Waals surface area contributed by atoms with Crippen LogP contribution in [0.1, 0.15) is 0 Å². The minimum absolute atomic E-state index is 0.489. The van der Waals surface area contributed by atoms with Crippen LogP contribution in [0.3, 0.4) is 0 Å². The first-order valence-electron chi connectivity index (χ1n) is 5.03. The highest BCUT2D eigenvalue weighted by atomic mass is 123. The molecule has 0 radical (unpaired) electrons. The SMILES string of the molecule is O=C(Nc1ccc([123I])cc1)Oc1ccccc1. The van der Waals surface area contributed by atoms with Crippen LogP contribution in [0.15, 0.2) is 54.6 Å². The number of anilines is 1. The van der Waals surface area contributed by atoms with E-state index in [9.17, 15) is 4.79 Å². The van der Waals surface area contributed by atoms with Crippen molar-refractivity contribution in [1.82, 2.24) is 0 Å². The van der Waals surface area contributed by atoms with Gasteiger partial charge in [0.2, 0.25) is 0 Å². The number of nitrogens with one attached hydrogen (secondary N) is 1. The molecule has 17 heavy (non-hydrogen) atoms. The molecule has 0 aliphatic carbocycles. The Morgan fingerprint density at radius 3 is 2.29 bits per heavy atom. The molecule has 0 atom stereocenters. The van der Waals surface area contributed by atoms with Crippen LogP contribution in [0.2, 0.25) is 0 Å². The predicted molar refractivity (Wildman–Crippen MR) is 75.2 cm³/mol. The number of hydrogen-bond donors (Lipinski definition) is 1. The van der Waals surface area contributed by atoms with Crippen LogP contribution in [0, 0.1) is 3.57 Å². The molecule has 1 N–H and O–H groups in total. The molecule has 0 spiro atoms. The number of amides is 1. The highest BCUT2D eigenvalue weighted by Crippen LogP contribution is 2.13. The maximum atomic E-state index is 11.5. The minimum atomic E-state index is -0.489. The molecule has 0 saturated carbocycles. The van der Waals surface area contributed by atoms with E-state index >= 15 is 0 Å². The molecule has 2 aromatic carbocycles. The van der Waals surface area contributed by atoms with Gasteiger partial charge in [-0.15, -0.1) is 0 Å². The molecule has 1 amide bonds. The first-order valence-corrected chi connectivity index (χ1v) is 6.11. The lowest BCUT2D eigenvalue weighted by atomic mass is 10.3. The van der Waals surface area contributed by atoms with Crippen molar-refractivity contribution in [1.29, 1.82) is 0 Å². The summed E-state index contributed by atoms with van der Waals surface area (Å²) in [6.45, 7) is 0. The second kappa shape index (κ2) is 5.67. The monoisotopic (exact) mass is 335 g/mol. The van der Waals surface area contributed by atoms with E-state index in [1.54, 1.807) is 12.1 Å². The summed E-state index contributed by atoms with van der Waals surface area (Å²) >= 11 is 2.20. The van der Waals surface area contributed by atoms with Gasteiger partial charge >= 0.3 is 6.09 Å². The fourth-order valence-electron chi connectivity index (χ4n) is 1.27. The number of halogens is 1. The fourth-order valence-corrected chi connectivity index (χ4v) is 1.63. The van der Waals surface area contributed by atoms with Crippen molar-refractivity contribution >= 4 is 34.4 Å². The average molecular weight is 335 g/mol. The molecular formula is C13H10INO2. The Bertz CT molecular complexity index is 497. The molecule has 4 heteroatoms. The smallest absolute Gasteiger partial charge is 0.410 e. The third kappa shape index (κ3) is 3.74. The van der Waals surface area contributed by atoms with Gasteiger partial charge in [-0.3, -0.25) is 5.32 Å². The Labute approximate surface area is 113 Å². The lowest BCUT2D eigenvalue weighted by Crippen LogP contribution is -2.16. The second-order valence-corrected chi connectivity index (χ2v) is 4.58. The van der Waals surface area contributed by atoms with Gasteiger partial charge in [-0.2, -0.15) is 0 Å². The number of carbonyl (C=O) groups excluding carboxylic acids is 1. The van der Waals surface area contributed by atoms with Crippen molar-refractivity contribution in [3.8, 4) is 5.75 Å². The van der Waals surface area contributed by atoms with E-state index < -0.39 is 6.09 Å². The quantitative estimate of drug-likeness (QED) is 0.846. The summed E-state index contributed by atoms with van der Waals surface area (Å²) in [6, 6.07) is 16.4. The molecule has 0 aromatic heterocycles. The number of para-hydroxylation sites is 1. The Hall–Kier alpha value is -1.56. The summed E-state index contributed by atoms with van der Waals surface area (Å²) in [7, 11) is 0. The van der Waals surface area contributed by atoms with Crippen molar-refractivity contribution in [3.63, 3.8) is 0 Å². The average Bonchev–Trinajstić information content (AvgIpc) is 2.33. The van der Waals surface area contributed by atoms with E-state index in [-0.39, 0.29) is 0 Å². The zero-order chi connectivity index (χ0) is 12.1. The van der Waals surface area contributed by atoms with Crippen LogP contribution >= 0.6 is 22.6 Å². The lowest BCUT2D eigenvalue weighted by molar-refractivity contribution is 0.215.